The summed E-state index contributed by atoms with van der Waals surface area (Å²) >= 11 is 1.62. The van der Waals surface area contributed by atoms with Gasteiger partial charge in [0.1, 0.15) is 10.4 Å². The molecule has 2 fully saturated rings. The summed E-state index contributed by atoms with van der Waals surface area (Å²) in [6.07, 6.45) is 7.11. The Kier molecular flexibility index (Phi) is 4.40. The van der Waals surface area contributed by atoms with Gasteiger partial charge in [-0.3, -0.25) is 4.79 Å². The lowest BCUT2D eigenvalue weighted by atomic mass is 9.92. The molecule has 0 unspecified atom stereocenters. The summed E-state index contributed by atoms with van der Waals surface area (Å²) in [4.78, 5) is 27.6. The highest BCUT2D eigenvalue weighted by Crippen LogP contribution is 2.49. The standard InChI is InChI=1S/C26H29N7OS/c1-25(2,3)23-30-20(14-35-23)33-21-18(22(34)32(33)17-5-6-17)13-27-24(31-21)29-16-4-7-19-15(12-16)8-11-28-26(19)9-10-26/h4,7,12-14,17,28H,5-6,8-11H2,1-3H3,(H,27,29,31). The third-order valence-corrected chi connectivity index (χ3v) is 8.61. The van der Waals surface area contributed by atoms with Crippen LogP contribution < -0.4 is 16.2 Å². The number of thiazole rings is 1. The third-order valence-electron chi connectivity index (χ3n) is 7.35. The van der Waals surface area contributed by atoms with E-state index in [9.17, 15) is 4.79 Å². The van der Waals surface area contributed by atoms with E-state index in [0.29, 0.717) is 17.0 Å². The molecule has 1 aliphatic heterocycles. The molecule has 3 aliphatic rings. The van der Waals surface area contributed by atoms with Crippen LogP contribution in [0.15, 0.2) is 34.6 Å². The zero-order valence-electron chi connectivity index (χ0n) is 20.3. The van der Waals surface area contributed by atoms with Crippen LogP contribution >= 0.6 is 11.3 Å². The van der Waals surface area contributed by atoms with Crippen molar-refractivity contribution in [2.75, 3.05) is 11.9 Å². The second-order valence-corrected chi connectivity index (χ2v) is 12.0. The van der Waals surface area contributed by atoms with Gasteiger partial charge in [-0.15, -0.1) is 11.3 Å². The fourth-order valence-electron chi connectivity index (χ4n) is 5.21. The van der Waals surface area contributed by atoms with Crippen LogP contribution in [-0.2, 0) is 17.4 Å². The highest BCUT2D eigenvalue weighted by Gasteiger charge is 2.46. The van der Waals surface area contributed by atoms with Gasteiger partial charge >= 0.3 is 0 Å². The van der Waals surface area contributed by atoms with Gasteiger partial charge in [0.05, 0.1) is 6.04 Å². The van der Waals surface area contributed by atoms with Gasteiger partial charge < -0.3 is 10.6 Å². The van der Waals surface area contributed by atoms with Crippen LogP contribution in [0.2, 0.25) is 0 Å². The van der Waals surface area contributed by atoms with Crippen LogP contribution in [0.1, 0.15) is 68.6 Å². The van der Waals surface area contributed by atoms with Crippen molar-refractivity contribution in [2.45, 2.75) is 69.9 Å². The summed E-state index contributed by atoms with van der Waals surface area (Å²) < 4.78 is 3.73. The average molecular weight is 488 g/mol. The summed E-state index contributed by atoms with van der Waals surface area (Å²) in [7, 11) is 0. The average Bonchev–Trinajstić information content (AvgIpc) is 3.73. The quantitative estimate of drug-likeness (QED) is 0.439. The van der Waals surface area contributed by atoms with Crippen LogP contribution in [0.25, 0.3) is 16.9 Å². The summed E-state index contributed by atoms with van der Waals surface area (Å²) in [6, 6.07) is 6.76. The van der Waals surface area contributed by atoms with Gasteiger partial charge in [0.25, 0.3) is 5.56 Å². The maximum atomic E-state index is 13.3. The minimum atomic E-state index is -0.0563. The minimum Gasteiger partial charge on any atom is -0.324 e. The number of hydrogen-bond donors (Lipinski definition) is 2. The van der Waals surface area contributed by atoms with Crippen molar-refractivity contribution in [1.82, 2.24) is 29.6 Å². The van der Waals surface area contributed by atoms with Gasteiger partial charge in [-0.05, 0) is 55.4 Å². The van der Waals surface area contributed by atoms with Gasteiger partial charge in [0, 0.05) is 34.8 Å². The Balaban J connectivity index is 1.30. The smallest absolute Gasteiger partial charge is 0.278 e. The normalized spacial score (nSPS) is 18.7. The number of benzene rings is 1. The first-order chi connectivity index (χ1) is 16.8. The fourth-order valence-corrected chi connectivity index (χ4v) is 6.08. The number of aromatic nitrogens is 5. The second-order valence-electron chi connectivity index (χ2n) is 11.1. The molecule has 3 aromatic heterocycles. The molecule has 4 aromatic rings. The van der Waals surface area contributed by atoms with E-state index in [2.05, 4.69) is 54.6 Å². The van der Waals surface area contributed by atoms with E-state index in [1.165, 1.54) is 24.0 Å². The van der Waals surface area contributed by atoms with Crippen molar-refractivity contribution in [3.63, 3.8) is 0 Å². The van der Waals surface area contributed by atoms with Crippen molar-refractivity contribution in [2.24, 2.45) is 0 Å². The van der Waals surface area contributed by atoms with Gasteiger partial charge in [0.15, 0.2) is 11.5 Å². The number of anilines is 2. The molecule has 1 spiro atoms. The second kappa shape index (κ2) is 7.24. The van der Waals surface area contributed by atoms with Gasteiger partial charge in [-0.2, -0.15) is 4.98 Å². The van der Waals surface area contributed by atoms with Crippen molar-refractivity contribution < 1.29 is 0 Å². The molecule has 0 amide bonds. The molecule has 180 valence electrons. The van der Waals surface area contributed by atoms with Crippen molar-refractivity contribution in [1.29, 1.82) is 0 Å². The highest BCUT2D eigenvalue weighted by atomic mass is 32.1. The van der Waals surface area contributed by atoms with Gasteiger partial charge in [-0.25, -0.2) is 19.3 Å². The van der Waals surface area contributed by atoms with Crippen LogP contribution in [-0.4, -0.2) is 30.9 Å². The van der Waals surface area contributed by atoms with Crippen LogP contribution in [0.3, 0.4) is 0 Å². The fraction of sp³-hybridized carbons (Fsp3) is 0.462. The number of hydrogen-bond acceptors (Lipinski definition) is 7. The summed E-state index contributed by atoms with van der Waals surface area (Å²) in [5.74, 6) is 1.24. The lowest BCUT2D eigenvalue weighted by Crippen LogP contribution is -2.36. The molecular weight excluding hydrogens is 458 g/mol. The van der Waals surface area contributed by atoms with E-state index < -0.39 is 0 Å². The first kappa shape index (κ1) is 21.3. The predicted molar refractivity (Wildman–Crippen MR) is 138 cm³/mol. The Labute approximate surface area is 207 Å². The lowest BCUT2D eigenvalue weighted by molar-refractivity contribution is 0.490. The van der Waals surface area contributed by atoms with E-state index in [4.69, 9.17) is 9.97 Å². The van der Waals surface area contributed by atoms with Crippen molar-refractivity contribution in [3.8, 4) is 5.82 Å². The molecule has 35 heavy (non-hydrogen) atoms. The van der Waals surface area contributed by atoms with E-state index in [0.717, 1.165) is 42.3 Å². The number of nitrogens with zero attached hydrogens (tertiary/aromatic N) is 5. The molecule has 2 saturated carbocycles. The Morgan fingerprint density at radius 1 is 1.20 bits per heavy atom. The highest BCUT2D eigenvalue weighted by molar-refractivity contribution is 7.10. The minimum absolute atomic E-state index is 0.0460. The molecule has 9 heteroatoms. The Hall–Kier alpha value is -3.04. The van der Waals surface area contributed by atoms with E-state index >= 15 is 0 Å². The third kappa shape index (κ3) is 3.43. The Bertz CT molecular complexity index is 1530. The van der Waals surface area contributed by atoms with Crippen LogP contribution in [0.5, 0.6) is 0 Å². The molecule has 0 bridgehead atoms. The molecular formula is C26H29N7OS. The number of nitrogens with one attached hydrogen (secondary N) is 2. The maximum absolute atomic E-state index is 13.3. The molecule has 2 N–H and O–H groups in total. The zero-order chi connectivity index (χ0) is 23.9. The molecule has 8 nitrogen and oxygen atoms in total. The SMILES string of the molecule is CC(C)(C)c1nc(-n2c3nc(Nc4ccc5c(c4)CCNC54CC4)ncc3c(=O)n2C2CC2)cs1. The summed E-state index contributed by atoms with van der Waals surface area (Å²) in [5, 5.41) is 10.7. The topological polar surface area (TPSA) is 89.7 Å². The first-order valence-electron chi connectivity index (χ1n) is 12.4. The number of rotatable bonds is 4. The summed E-state index contributed by atoms with van der Waals surface area (Å²) in [5.41, 5.74) is 4.50. The molecule has 0 atom stereocenters. The molecule has 2 aliphatic carbocycles. The molecule has 0 saturated heterocycles. The Morgan fingerprint density at radius 2 is 2.03 bits per heavy atom. The van der Waals surface area contributed by atoms with Crippen LogP contribution in [0.4, 0.5) is 11.6 Å². The van der Waals surface area contributed by atoms with E-state index in [-0.39, 0.29) is 22.6 Å². The molecule has 7 rings (SSSR count). The largest absolute Gasteiger partial charge is 0.324 e. The predicted octanol–water partition coefficient (Wildman–Crippen LogP) is 4.55. The van der Waals surface area contributed by atoms with Crippen molar-refractivity contribution >= 4 is 34.0 Å². The first-order valence-corrected chi connectivity index (χ1v) is 13.3. The molecule has 0 radical (unpaired) electrons. The lowest BCUT2D eigenvalue weighted by Gasteiger charge is -2.27. The maximum Gasteiger partial charge on any atom is 0.278 e. The Morgan fingerprint density at radius 3 is 2.74 bits per heavy atom. The van der Waals surface area contributed by atoms with Crippen LogP contribution in [0, 0.1) is 0 Å². The molecule has 4 heterocycles. The monoisotopic (exact) mass is 487 g/mol. The van der Waals surface area contributed by atoms with Gasteiger partial charge in [-0.1, -0.05) is 26.8 Å². The zero-order valence-corrected chi connectivity index (χ0v) is 21.1. The summed E-state index contributed by atoms with van der Waals surface area (Å²) in [6.45, 7) is 7.48. The molecule has 1 aromatic carbocycles. The van der Waals surface area contributed by atoms with Gasteiger partial charge in [0.2, 0.25) is 5.95 Å². The van der Waals surface area contributed by atoms with E-state index in [1.807, 2.05) is 14.7 Å². The van der Waals surface area contributed by atoms with E-state index in [1.54, 1.807) is 17.5 Å². The number of fused-ring (bicyclic) bond motifs is 3. The van der Waals surface area contributed by atoms with Crippen molar-refractivity contribution in [3.05, 3.63) is 56.3 Å².